The maximum absolute atomic E-state index is 13.7. The van der Waals surface area contributed by atoms with Gasteiger partial charge in [0.05, 0.1) is 11.3 Å². The molecule has 0 aliphatic carbocycles. The molecule has 1 saturated heterocycles. The number of fused-ring (bicyclic) bond motifs is 1. The number of rotatable bonds is 3. The molecule has 3 heterocycles. The second kappa shape index (κ2) is 7.76. The number of benzene rings is 2. The van der Waals surface area contributed by atoms with E-state index in [1.54, 1.807) is 18.2 Å². The molecule has 1 fully saturated rings. The van der Waals surface area contributed by atoms with E-state index in [1.807, 2.05) is 30.3 Å². The normalized spacial score (nSPS) is 23.5. The van der Waals surface area contributed by atoms with Crippen LogP contribution in [0.1, 0.15) is 25.8 Å². The number of ether oxygens (including phenoxy) is 2. The van der Waals surface area contributed by atoms with Crippen molar-refractivity contribution in [3.8, 4) is 11.5 Å². The molecule has 2 atom stereocenters. The molecule has 0 N–H and O–H groups in total. The summed E-state index contributed by atoms with van der Waals surface area (Å²) in [6.45, 7) is 6.87. The Morgan fingerprint density at radius 1 is 0.839 bits per heavy atom. The van der Waals surface area contributed by atoms with Crippen LogP contribution in [0.5, 0.6) is 11.5 Å². The Morgan fingerprint density at radius 3 is 2.23 bits per heavy atom. The zero-order valence-corrected chi connectivity index (χ0v) is 17.8. The van der Waals surface area contributed by atoms with E-state index in [1.165, 1.54) is 4.90 Å². The van der Waals surface area contributed by atoms with Crippen LogP contribution in [-0.2, 0) is 9.59 Å². The minimum Gasteiger partial charge on any atom is -0.486 e. The van der Waals surface area contributed by atoms with Crippen LogP contribution in [0, 0.1) is 11.8 Å². The third-order valence-corrected chi connectivity index (χ3v) is 6.09. The number of nitrogens with zero attached hydrogens (tertiary/aromatic N) is 2. The third-order valence-electron chi connectivity index (χ3n) is 6.09. The van der Waals surface area contributed by atoms with Crippen molar-refractivity contribution in [2.45, 2.75) is 20.3 Å². The highest BCUT2D eigenvalue weighted by Crippen LogP contribution is 2.40. The first-order valence-electron chi connectivity index (χ1n) is 10.9. The molecule has 6 heteroatoms. The lowest BCUT2D eigenvalue weighted by atomic mass is 9.91. The van der Waals surface area contributed by atoms with Crippen LogP contribution >= 0.6 is 0 Å². The quantitative estimate of drug-likeness (QED) is 0.711. The van der Waals surface area contributed by atoms with Gasteiger partial charge in [0.15, 0.2) is 11.5 Å². The van der Waals surface area contributed by atoms with Crippen LogP contribution in [0.4, 0.5) is 5.69 Å². The molecule has 2 unspecified atom stereocenters. The van der Waals surface area contributed by atoms with Gasteiger partial charge in [-0.3, -0.25) is 9.59 Å². The smallest absolute Gasteiger partial charge is 0.282 e. The number of piperidine rings is 1. The molecule has 2 amide bonds. The van der Waals surface area contributed by atoms with Crippen molar-refractivity contribution in [2.75, 3.05) is 31.2 Å². The van der Waals surface area contributed by atoms with Crippen molar-refractivity contribution >= 4 is 23.1 Å². The van der Waals surface area contributed by atoms with Crippen molar-refractivity contribution < 1.29 is 19.1 Å². The second-order valence-electron chi connectivity index (χ2n) is 8.71. The summed E-state index contributed by atoms with van der Waals surface area (Å²) in [5.41, 5.74) is 2.24. The number of imide groups is 1. The molecular weight excluding hydrogens is 392 g/mol. The van der Waals surface area contributed by atoms with E-state index >= 15 is 0 Å². The number of amides is 2. The Bertz CT molecular complexity index is 1050. The van der Waals surface area contributed by atoms with Gasteiger partial charge in [-0.2, -0.15) is 0 Å². The van der Waals surface area contributed by atoms with Crippen molar-refractivity contribution in [3.63, 3.8) is 0 Å². The van der Waals surface area contributed by atoms with Gasteiger partial charge < -0.3 is 14.4 Å². The van der Waals surface area contributed by atoms with Gasteiger partial charge in [-0.25, -0.2) is 4.90 Å². The lowest BCUT2D eigenvalue weighted by Crippen LogP contribution is -2.42. The van der Waals surface area contributed by atoms with Crippen LogP contribution in [0.3, 0.4) is 0 Å². The highest BCUT2D eigenvalue weighted by molar-refractivity contribution is 6.45. The molecule has 31 heavy (non-hydrogen) atoms. The minimum atomic E-state index is -0.297. The molecule has 3 aliphatic heterocycles. The molecule has 2 aromatic rings. The molecule has 0 radical (unpaired) electrons. The Balaban J connectivity index is 1.59. The van der Waals surface area contributed by atoms with Gasteiger partial charge >= 0.3 is 0 Å². The summed E-state index contributed by atoms with van der Waals surface area (Å²) < 4.78 is 11.3. The highest BCUT2D eigenvalue weighted by Gasteiger charge is 2.44. The first-order valence-corrected chi connectivity index (χ1v) is 10.9. The van der Waals surface area contributed by atoms with E-state index in [-0.39, 0.29) is 11.8 Å². The molecule has 6 nitrogen and oxygen atoms in total. The fraction of sp³-hybridized carbons (Fsp3) is 0.360. The van der Waals surface area contributed by atoms with Gasteiger partial charge in [-0.1, -0.05) is 44.2 Å². The van der Waals surface area contributed by atoms with E-state index in [0.717, 1.165) is 25.1 Å². The summed E-state index contributed by atoms with van der Waals surface area (Å²) in [6.07, 6.45) is 1.12. The topological polar surface area (TPSA) is 59.1 Å². The SMILES string of the molecule is CC1CC(C)CN(C2=C(c3ccccc3)C(=O)N(c3ccc4c(c3)OCCO4)C2=O)C1. The van der Waals surface area contributed by atoms with Crippen LogP contribution in [-0.4, -0.2) is 43.0 Å². The molecule has 160 valence electrons. The largest absolute Gasteiger partial charge is 0.486 e. The van der Waals surface area contributed by atoms with Crippen molar-refractivity contribution in [1.29, 1.82) is 0 Å². The van der Waals surface area contributed by atoms with E-state index in [9.17, 15) is 9.59 Å². The number of carbonyl (C=O) groups is 2. The van der Waals surface area contributed by atoms with E-state index in [4.69, 9.17) is 9.47 Å². The van der Waals surface area contributed by atoms with E-state index in [0.29, 0.717) is 53.5 Å². The molecule has 0 aromatic heterocycles. The summed E-state index contributed by atoms with van der Waals surface area (Å²) in [5.74, 6) is 1.53. The number of anilines is 1. The van der Waals surface area contributed by atoms with Crippen molar-refractivity contribution in [2.24, 2.45) is 11.8 Å². The number of hydrogen-bond acceptors (Lipinski definition) is 5. The summed E-state index contributed by atoms with van der Waals surface area (Å²) in [5, 5.41) is 0. The Labute approximate surface area is 182 Å². The average Bonchev–Trinajstić information content (AvgIpc) is 3.03. The Hall–Kier alpha value is -3.28. The molecule has 2 aromatic carbocycles. The molecule has 0 spiro atoms. The minimum absolute atomic E-state index is 0.276. The maximum atomic E-state index is 13.7. The summed E-state index contributed by atoms with van der Waals surface area (Å²) in [4.78, 5) is 30.8. The lowest BCUT2D eigenvalue weighted by Gasteiger charge is -2.37. The summed E-state index contributed by atoms with van der Waals surface area (Å²) >= 11 is 0. The maximum Gasteiger partial charge on any atom is 0.282 e. The monoisotopic (exact) mass is 418 g/mol. The molecule has 0 saturated carbocycles. The molecule has 0 bridgehead atoms. The molecule has 5 rings (SSSR count). The first kappa shape index (κ1) is 19.7. The van der Waals surface area contributed by atoms with Gasteiger partial charge in [0, 0.05) is 19.2 Å². The van der Waals surface area contributed by atoms with Crippen molar-refractivity contribution in [1.82, 2.24) is 4.90 Å². The predicted octanol–water partition coefficient (Wildman–Crippen LogP) is 3.72. The molecular formula is C25H26N2O4. The van der Waals surface area contributed by atoms with Gasteiger partial charge in [-0.05, 0) is 36.0 Å². The summed E-state index contributed by atoms with van der Waals surface area (Å²) in [6, 6.07) is 14.7. The second-order valence-corrected chi connectivity index (χ2v) is 8.71. The highest BCUT2D eigenvalue weighted by atomic mass is 16.6. The number of likely N-dealkylation sites (tertiary alicyclic amines) is 1. The average molecular weight is 418 g/mol. The zero-order valence-electron chi connectivity index (χ0n) is 17.8. The summed E-state index contributed by atoms with van der Waals surface area (Å²) in [7, 11) is 0. The van der Waals surface area contributed by atoms with Gasteiger partial charge in [0.1, 0.15) is 18.9 Å². The molecule has 3 aliphatic rings. The van der Waals surface area contributed by atoms with E-state index < -0.39 is 0 Å². The van der Waals surface area contributed by atoms with Gasteiger partial charge in [-0.15, -0.1) is 0 Å². The fourth-order valence-corrected chi connectivity index (χ4v) is 4.93. The standard InChI is InChI=1S/C25H26N2O4/c1-16-12-17(2)15-26(14-16)23-22(18-6-4-3-5-7-18)24(28)27(25(23)29)19-8-9-20-21(13-19)31-11-10-30-20/h3-9,13,16-17H,10-12,14-15H2,1-2H3. The van der Waals surface area contributed by atoms with Crippen LogP contribution in [0.25, 0.3) is 5.57 Å². The van der Waals surface area contributed by atoms with Crippen molar-refractivity contribution in [3.05, 3.63) is 59.8 Å². The van der Waals surface area contributed by atoms with Gasteiger partial charge in [0.2, 0.25) is 0 Å². The Morgan fingerprint density at radius 2 is 1.52 bits per heavy atom. The third kappa shape index (κ3) is 3.46. The van der Waals surface area contributed by atoms with Crippen LogP contribution in [0.15, 0.2) is 54.2 Å². The zero-order chi connectivity index (χ0) is 21.5. The van der Waals surface area contributed by atoms with Gasteiger partial charge in [0.25, 0.3) is 11.8 Å². The number of hydrogen-bond donors (Lipinski definition) is 0. The Kier molecular flexibility index (Phi) is 4.93. The first-order chi connectivity index (χ1) is 15.0. The number of carbonyl (C=O) groups excluding carboxylic acids is 2. The fourth-order valence-electron chi connectivity index (χ4n) is 4.93. The van der Waals surface area contributed by atoms with E-state index in [2.05, 4.69) is 18.7 Å². The van der Waals surface area contributed by atoms with Crippen LogP contribution < -0.4 is 14.4 Å². The predicted molar refractivity (Wildman–Crippen MR) is 118 cm³/mol. The lowest BCUT2D eigenvalue weighted by molar-refractivity contribution is -0.120. The van der Waals surface area contributed by atoms with Crippen LogP contribution in [0.2, 0.25) is 0 Å².